The van der Waals surface area contributed by atoms with E-state index in [1.807, 2.05) is 0 Å². The third-order valence-electron chi connectivity index (χ3n) is 3.85. The van der Waals surface area contributed by atoms with Gasteiger partial charge >= 0.3 is 0 Å². The van der Waals surface area contributed by atoms with Gasteiger partial charge in [0, 0.05) is 5.56 Å². The summed E-state index contributed by atoms with van der Waals surface area (Å²) in [5.74, 6) is -0.319. The highest BCUT2D eigenvalue weighted by molar-refractivity contribution is 5.77. The predicted octanol–water partition coefficient (Wildman–Crippen LogP) is 1.29. The maximum absolute atomic E-state index is 13.2. The van der Waals surface area contributed by atoms with Gasteiger partial charge in [0.25, 0.3) is 0 Å². The Morgan fingerprint density at radius 1 is 1.57 bits per heavy atom. The van der Waals surface area contributed by atoms with Gasteiger partial charge in [0.15, 0.2) is 0 Å². The van der Waals surface area contributed by atoms with Gasteiger partial charge in [-0.3, -0.25) is 4.79 Å². The fraction of sp³-hybridized carbons (Fsp3) is 0.400. The number of benzene rings is 1. The van der Waals surface area contributed by atoms with E-state index in [1.165, 1.54) is 12.1 Å². The molecule has 1 fully saturated rings. The van der Waals surface area contributed by atoms with Gasteiger partial charge in [-0.25, -0.2) is 4.39 Å². The lowest BCUT2D eigenvalue weighted by atomic mass is 9.98. The van der Waals surface area contributed by atoms with Crippen LogP contribution in [0.4, 0.5) is 4.39 Å². The molecule has 0 aliphatic heterocycles. The van der Waals surface area contributed by atoms with E-state index in [1.54, 1.807) is 19.1 Å². The van der Waals surface area contributed by atoms with Crippen molar-refractivity contribution >= 4 is 5.91 Å². The molecule has 1 aromatic carbocycles. The van der Waals surface area contributed by atoms with Crippen LogP contribution < -0.4 is 5.32 Å². The third-order valence-corrected chi connectivity index (χ3v) is 3.85. The van der Waals surface area contributed by atoms with Crippen LogP contribution in [0.25, 0.3) is 11.4 Å². The lowest BCUT2D eigenvalue weighted by Gasteiger charge is -2.22. The van der Waals surface area contributed by atoms with Gasteiger partial charge < -0.3 is 5.32 Å². The smallest absolute Gasteiger partial charge is 0.244 e. The minimum absolute atomic E-state index is 0.147. The number of nitrogens with one attached hydrogen (secondary N) is 1. The van der Waals surface area contributed by atoms with Crippen LogP contribution in [0.1, 0.15) is 19.8 Å². The first-order chi connectivity index (χ1) is 11.0. The summed E-state index contributed by atoms with van der Waals surface area (Å²) in [6, 6.07) is 7.97. The van der Waals surface area contributed by atoms with Crippen LogP contribution in [-0.4, -0.2) is 31.7 Å². The Kier molecular flexibility index (Phi) is 3.78. The predicted molar refractivity (Wildman–Crippen MR) is 78.1 cm³/mol. The minimum atomic E-state index is -0.858. The summed E-state index contributed by atoms with van der Waals surface area (Å²) in [6.45, 7) is 1.57. The van der Waals surface area contributed by atoms with Crippen molar-refractivity contribution in [3.63, 3.8) is 0 Å². The Morgan fingerprint density at radius 2 is 2.35 bits per heavy atom. The molecular weight excluding hydrogens is 299 g/mol. The van der Waals surface area contributed by atoms with E-state index in [9.17, 15) is 14.4 Å². The number of hydrogen-bond donors (Lipinski definition) is 1. The minimum Gasteiger partial charge on any atom is -0.336 e. The Hall–Kier alpha value is -2.82. The molecule has 0 bridgehead atoms. The molecule has 1 heterocycles. The zero-order chi connectivity index (χ0) is 16.4. The number of carbonyl (C=O) groups excluding carboxylic acids is 1. The molecule has 3 rings (SSSR count). The second kappa shape index (κ2) is 5.76. The number of nitriles is 1. The first kappa shape index (κ1) is 15.1. The topological polar surface area (TPSA) is 96.5 Å². The van der Waals surface area contributed by atoms with E-state index in [0.717, 1.165) is 17.6 Å². The van der Waals surface area contributed by atoms with Crippen molar-refractivity contribution in [1.82, 2.24) is 25.5 Å². The largest absolute Gasteiger partial charge is 0.336 e. The molecule has 0 unspecified atom stereocenters. The van der Waals surface area contributed by atoms with E-state index in [-0.39, 0.29) is 24.2 Å². The maximum Gasteiger partial charge on any atom is 0.244 e. The fourth-order valence-electron chi connectivity index (χ4n) is 2.39. The van der Waals surface area contributed by atoms with Crippen LogP contribution in [0.5, 0.6) is 0 Å². The summed E-state index contributed by atoms with van der Waals surface area (Å²) in [5, 5.41) is 23.6. The second-order valence-electron chi connectivity index (χ2n) is 5.79. The van der Waals surface area contributed by atoms with E-state index >= 15 is 0 Å². The van der Waals surface area contributed by atoms with Crippen LogP contribution in [0.2, 0.25) is 0 Å². The Bertz CT molecular complexity index is 778. The van der Waals surface area contributed by atoms with Crippen molar-refractivity contribution in [3.8, 4) is 17.5 Å². The first-order valence-corrected chi connectivity index (χ1v) is 7.26. The molecule has 0 saturated heterocycles. The van der Waals surface area contributed by atoms with Crippen molar-refractivity contribution in [2.75, 3.05) is 0 Å². The highest BCUT2D eigenvalue weighted by Gasteiger charge is 2.43. The van der Waals surface area contributed by atoms with Gasteiger partial charge in [-0.2, -0.15) is 10.1 Å². The van der Waals surface area contributed by atoms with E-state index in [0.29, 0.717) is 5.56 Å². The number of amides is 1. The number of aromatic nitrogens is 4. The molecule has 118 valence electrons. The molecule has 23 heavy (non-hydrogen) atoms. The molecule has 0 spiro atoms. The van der Waals surface area contributed by atoms with Gasteiger partial charge in [-0.05, 0) is 43.0 Å². The van der Waals surface area contributed by atoms with Gasteiger partial charge in [0.05, 0.1) is 6.07 Å². The summed E-state index contributed by atoms with van der Waals surface area (Å²) in [5.41, 5.74) is -0.375. The molecule has 1 amide bonds. The summed E-state index contributed by atoms with van der Waals surface area (Å²) in [6.07, 6.45) is 1.88. The highest BCUT2D eigenvalue weighted by atomic mass is 19.1. The molecule has 1 aromatic heterocycles. The van der Waals surface area contributed by atoms with Crippen LogP contribution >= 0.6 is 0 Å². The number of halogens is 1. The molecule has 2 aromatic rings. The molecule has 1 aliphatic carbocycles. The molecule has 8 heteroatoms. The number of carbonyl (C=O) groups is 1. The van der Waals surface area contributed by atoms with Gasteiger partial charge in [0.1, 0.15) is 17.9 Å². The van der Waals surface area contributed by atoms with Crippen molar-refractivity contribution in [3.05, 3.63) is 30.1 Å². The van der Waals surface area contributed by atoms with Crippen LogP contribution in [-0.2, 0) is 11.3 Å². The number of nitrogens with zero attached hydrogens (tertiary/aromatic N) is 5. The SMILES string of the molecule is C[C@@](C#N)(NC(=O)Cn1nnc(-c2cccc(F)c2)n1)C1CC1. The quantitative estimate of drug-likeness (QED) is 0.897. The molecule has 1 atom stereocenters. The zero-order valence-corrected chi connectivity index (χ0v) is 12.5. The van der Waals surface area contributed by atoms with Gasteiger partial charge in [-0.1, -0.05) is 12.1 Å². The summed E-state index contributed by atoms with van der Waals surface area (Å²) in [4.78, 5) is 13.2. The van der Waals surface area contributed by atoms with Crippen molar-refractivity contribution in [2.45, 2.75) is 31.8 Å². The number of tetrazole rings is 1. The van der Waals surface area contributed by atoms with Crippen molar-refractivity contribution < 1.29 is 9.18 Å². The summed E-state index contributed by atoms with van der Waals surface area (Å²) in [7, 11) is 0. The average molecular weight is 314 g/mol. The molecule has 7 nitrogen and oxygen atoms in total. The third kappa shape index (κ3) is 3.34. The molecule has 0 radical (unpaired) electrons. The number of rotatable bonds is 5. The summed E-state index contributed by atoms with van der Waals surface area (Å²) < 4.78 is 13.2. The lowest BCUT2D eigenvalue weighted by Crippen LogP contribution is -2.48. The number of hydrogen-bond acceptors (Lipinski definition) is 5. The maximum atomic E-state index is 13.2. The van der Waals surface area contributed by atoms with E-state index in [2.05, 4.69) is 26.8 Å². The standard InChI is InChI=1S/C15H15FN6O/c1-15(9-17,11-5-6-11)18-13(23)8-22-20-14(19-21-22)10-3-2-4-12(16)7-10/h2-4,7,11H,5-6,8H2,1H3,(H,18,23)/t15-/m0/s1. The molecule has 1 aliphatic rings. The first-order valence-electron chi connectivity index (χ1n) is 7.26. The summed E-state index contributed by atoms with van der Waals surface area (Å²) >= 11 is 0. The normalized spacial score (nSPS) is 16.4. The van der Waals surface area contributed by atoms with Gasteiger partial charge in [-0.15, -0.1) is 10.2 Å². The lowest BCUT2D eigenvalue weighted by molar-refractivity contribution is -0.123. The van der Waals surface area contributed by atoms with E-state index in [4.69, 9.17) is 0 Å². The Labute approximate surface area is 132 Å². The molecule has 1 N–H and O–H groups in total. The van der Waals surface area contributed by atoms with Crippen molar-refractivity contribution in [1.29, 1.82) is 5.26 Å². The molecule has 1 saturated carbocycles. The van der Waals surface area contributed by atoms with Crippen LogP contribution in [0, 0.1) is 23.1 Å². The Balaban J connectivity index is 1.67. The highest BCUT2D eigenvalue weighted by Crippen LogP contribution is 2.39. The monoisotopic (exact) mass is 314 g/mol. The zero-order valence-electron chi connectivity index (χ0n) is 12.5. The van der Waals surface area contributed by atoms with E-state index < -0.39 is 11.4 Å². The van der Waals surface area contributed by atoms with Crippen LogP contribution in [0.15, 0.2) is 24.3 Å². The average Bonchev–Trinajstić information content (AvgIpc) is 3.28. The Morgan fingerprint density at radius 3 is 3.00 bits per heavy atom. The second-order valence-corrected chi connectivity index (χ2v) is 5.79. The fourth-order valence-corrected chi connectivity index (χ4v) is 2.39. The molecular formula is C15H15FN6O. The van der Waals surface area contributed by atoms with Gasteiger partial charge in [0.2, 0.25) is 11.7 Å². The van der Waals surface area contributed by atoms with Crippen LogP contribution in [0.3, 0.4) is 0 Å². The van der Waals surface area contributed by atoms with Crippen molar-refractivity contribution in [2.24, 2.45) is 5.92 Å².